The lowest BCUT2D eigenvalue weighted by Crippen LogP contribution is -2.20. The van der Waals surface area contributed by atoms with Crippen LogP contribution in [0.15, 0.2) is 24.3 Å². The number of non-ortho nitro benzene ring substituents is 1. The number of hydrogen-bond donors (Lipinski definition) is 2. The van der Waals surface area contributed by atoms with Crippen molar-refractivity contribution in [1.29, 1.82) is 0 Å². The summed E-state index contributed by atoms with van der Waals surface area (Å²) in [5.41, 5.74) is 7.65. The largest absolute Gasteiger partial charge is 0.376 e. The van der Waals surface area contributed by atoms with E-state index in [1.165, 1.54) is 0 Å². The number of hydrogen-bond acceptors (Lipinski definition) is 5. The van der Waals surface area contributed by atoms with Crippen molar-refractivity contribution in [2.75, 3.05) is 0 Å². The average Bonchev–Trinajstić information content (AvgIpc) is 2.37. The highest BCUT2D eigenvalue weighted by Crippen LogP contribution is 2.35. The van der Waals surface area contributed by atoms with Crippen molar-refractivity contribution in [2.24, 2.45) is 0 Å². The molecule has 1 aliphatic carbocycles. The number of rotatable bonds is 2. The van der Waals surface area contributed by atoms with Crippen LogP contribution in [0.4, 0.5) is 5.69 Å². The van der Waals surface area contributed by atoms with Crippen molar-refractivity contribution in [3.05, 3.63) is 51.0 Å². The van der Waals surface area contributed by atoms with Gasteiger partial charge in [0.05, 0.1) is 4.92 Å². The molecular weight excluding hydrogens is 290 g/mol. The molecule has 0 radical (unpaired) electrons. The Morgan fingerprint density at radius 1 is 1.40 bits per heavy atom. The Bertz CT molecular complexity index is 791. The highest BCUT2D eigenvalue weighted by molar-refractivity contribution is 7.95. The summed E-state index contributed by atoms with van der Waals surface area (Å²) in [5, 5.41) is 20.5. The summed E-state index contributed by atoms with van der Waals surface area (Å²) in [6.07, 6.45) is -0.715. The Labute approximate surface area is 112 Å². The lowest BCUT2D eigenvalue weighted by Gasteiger charge is -2.17. The van der Waals surface area contributed by atoms with Crippen LogP contribution in [0, 0.1) is 10.1 Å². The molecule has 0 spiro atoms. The third-order valence-electron chi connectivity index (χ3n) is 2.76. The molecule has 104 valence electrons. The van der Waals surface area contributed by atoms with Gasteiger partial charge in [0.1, 0.15) is 4.91 Å². The molecule has 1 atom stereocenters. The molecule has 1 aromatic rings. The first-order valence-electron chi connectivity index (χ1n) is 5.13. The van der Waals surface area contributed by atoms with Crippen molar-refractivity contribution in [3.63, 3.8) is 0 Å². The zero-order valence-corrected chi connectivity index (χ0v) is 10.5. The summed E-state index contributed by atoms with van der Waals surface area (Å²) in [4.78, 5) is 12.0. The van der Waals surface area contributed by atoms with Crippen LogP contribution in [0.3, 0.4) is 0 Å². The van der Waals surface area contributed by atoms with Crippen LogP contribution in [0.1, 0.15) is 17.2 Å². The van der Waals surface area contributed by atoms with E-state index >= 15 is 0 Å². The van der Waals surface area contributed by atoms with Crippen LogP contribution >= 0.6 is 0 Å². The second kappa shape index (κ2) is 4.62. The minimum absolute atomic E-state index is 0.0291. The Morgan fingerprint density at radius 2 is 2.05 bits per heavy atom. The van der Waals surface area contributed by atoms with E-state index < -0.39 is 37.4 Å². The monoisotopic (exact) mass is 297 g/mol. The number of benzene rings is 1. The van der Waals surface area contributed by atoms with Gasteiger partial charge >= 0.3 is 5.71 Å². The second-order valence-electron chi connectivity index (χ2n) is 3.94. The zero-order chi connectivity index (χ0) is 15.1. The van der Waals surface area contributed by atoms with E-state index in [4.69, 9.17) is 10.1 Å². The van der Waals surface area contributed by atoms with Gasteiger partial charge in [0, 0.05) is 29.3 Å². The van der Waals surface area contributed by atoms with Crippen molar-refractivity contribution in [3.8, 4) is 0 Å². The molecular formula is C10H7N3O6S. The standard InChI is InChI=1S/C10H7N3O6S/c11-12-8-4-9(20(17,18)19)7-3-5(13(15)16)1-2-6(7)10(8)14/h1-4,10,14H,(H,17,18,19). The topological polar surface area (TPSA) is 154 Å². The summed E-state index contributed by atoms with van der Waals surface area (Å²) in [6.45, 7) is 0. The number of aliphatic hydroxyl groups excluding tert-OH is 1. The van der Waals surface area contributed by atoms with Gasteiger partial charge in [-0.15, -0.1) is 0 Å². The Kier molecular flexibility index (Phi) is 3.24. The number of nitro groups is 1. The fourth-order valence-electron chi connectivity index (χ4n) is 1.86. The zero-order valence-electron chi connectivity index (χ0n) is 9.66. The van der Waals surface area contributed by atoms with Gasteiger partial charge in [-0.2, -0.15) is 13.2 Å². The fraction of sp³-hybridized carbons (Fsp3) is 0.100. The fourth-order valence-corrected chi connectivity index (χ4v) is 2.58. The first-order chi connectivity index (χ1) is 9.25. The van der Waals surface area contributed by atoms with Crippen molar-refractivity contribution >= 4 is 26.4 Å². The first-order valence-corrected chi connectivity index (χ1v) is 6.57. The Hall–Kier alpha value is -2.39. The minimum atomic E-state index is -4.71. The van der Waals surface area contributed by atoms with Gasteiger partial charge in [0.15, 0.2) is 6.10 Å². The summed E-state index contributed by atoms with van der Waals surface area (Å²) in [5.74, 6) is 0. The summed E-state index contributed by atoms with van der Waals surface area (Å²) >= 11 is 0. The van der Waals surface area contributed by atoms with E-state index in [9.17, 15) is 23.6 Å². The molecule has 1 unspecified atom stereocenters. The molecule has 10 heteroatoms. The lowest BCUT2D eigenvalue weighted by molar-refractivity contribution is -0.384. The van der Waals surface area contributed by atoms with Crippen molar-refractivity contribution in [1.82, 2.24) is 0 Å². The second-order valence-corrected chi connectivity index (χ2v) is 5.33. The lowest BCUT2D eigenvalue weighted by atomic mass is 9.93. The highest BCUT2D eigenvalue weighted by atomic mass is 32.2. The molecule has 0 fully saturated rings. The number of nitro benzene ring substituents is 1. The van der Waals surface area contributed by atoms with Gasteiger partial charge in [-0.05, 0) is 6.07 Å². The van der Waals surface area contributed by atoms with Crippen LogP contribution in [0.25, 0.3) is 10.4 Å². The molecule has 1 aromatic carbocycles. The summed E-state index contributed by atoms with van der Waals surface area (Å²) in [6, 6.07) is 3.10. The van der Waals surface area contributed by atoms with Gasteiger partial charge in [-0.3, -0.25) is 14.7 Å². The molecule has 2 rings (SSSR count). The van der Waals surface area contributed by atoms with Crippen LogP contribution in [0.2, 0.25) is 0 Å². The van der Waals surface area contributed by atoms with Gasteiger partial charge in [-0.25, -0.2) is 0 Å². The molecule has 9 nitrogen and oxygen atoms in total. The van der Waals surface area contributed by atoms with E-state index in [1.807, 2.05) is 0 Å². The summed E-state index contributed by atoms with van der Waals surface area (Å²) in [7, 11) is -4.71. The van der Waals surface area contributed by atoms with E-state index in [1.54, 1.807) is 0 Å². The highest BCUT2D eigenvalue weighted by Gasteiger charge is 2.35. The van der Waals surface area contributed by atoms with Gasteiger partial charge in [0.25, 0.3) is 15.8 Å². The van der Waals surface area contributed by atoms with Gasteiger partial charge in [-0.1, -0.05) is 0 Å². The molecule has 0 saturated heterocycles. The number of aliphatic hydroxyl groups is 1. The van der Waals surface area contributed by atoms with Crippen LogP contribution in [-0.4, -0.2) is 33.5 Å². The third kappa shape index (κ3) is 2.24. The normalized spacial score (nSPS) is 18.0. The number of fused-ring (bicyclic) bond motifs is 1. The predicted octanol–water partition coefficient (Wildman–Crippen LogP) is 0.541. The maximum atomic E-state index is 11.3. The number of nitrogens with zero attached hydrogens (tertiary/aromatic N) is 3. The quantitative estimate of drug-likeness (QED) is 0.267. The molecule has 20 heavy (non-hydrogen) atoms. The van der Waals surface area contributed by atoms with Gasteiger partial charge in [0.2, 0.25) is 0 Å². The Balaban J connectivity index is 2.82. The van der Waals surface area contributed by atoms with E-state index in [0.717, 1.165) is 24.3 Å². The van der Waals surface area contributed by atoms with Crippen molar-refractivity contribution < 1.29 is 27.8 Å². The maximum absolute atomic E-state index is 11.3. The Morgan fingerprint density at radius 3 is 2.55 bits per heavy atom. The third-order valence-corrected chi connectivity index (χ3v) is 3.65. The van der Waals surface area contributed by atoms with E-state index in [-0.39, 0.29) is 11.1 Å². The molecule has 2 N–H and O–H groups in total. The molecule has 0 saturated carbocycles. The predicted molar refractivity (Wildman–Crippen MR) is 66.2 cm³/mol. The molecule has 0 amide bonds. The van der Waals surface area contributed by atoms with E-state index in [0.29, 0.717) is 0 Å². The van der Waals surface area contributed by atoms with Crippen LogP contribution in [0.5, 0.6) is 0 Å². The smallest absolute Gasteiger partial charge is 0.326 e. The molecule has 0 aliphatic heterocycles. The summed E-state index contributed by atoms with van der Waals surface area (Å²) < 4.78 is 31.7. The first kappa shape index (κ1) is 14.0. The van der Waals surface area contributed by atoms with Crippen molar-refractivity contribution in [2.45, 2.75) is 6.10 Å². The minimum Gasteiger partial charge on any atom is -0.376 e. The SMILES string of the molecule is [N-]=[N+]=C1C=C(S(=O)(=O)O)c2cc([N+](=O)[O-])ccc2C1O. The van der Waals surface area contributed by atoms with E-state index in [2.05, 4.69) is 4.79 Å². The molecule has 0 bridgehead atoms. The molecule has 0 heterocycles. The molecule has 1 aliphatic rings. The average molecular weight is 297 g/mol. The van der Waals surface area contributed by atoms with Crippen LogP contribution in [-0.2, 0) is 10.1 Å². The van der Waals surface area contributed by atoms with Gasteiger partial charge < -0.3 is 10.6 Å². The maximum Gasteiger partial charge on any atom is 0.326 e. The molecule has 0 aromatic heterocycles. The van der Waals surface area contributed by atoms with Crippen LogP contribution < -0.4 is 0 Å².